The summed E-state index contributed by atoms with van der Waals surface area (Å²) >= 11 is 0. The maximum Gasteiger partial charge on any atom is 0.324 e. The summed E-state index contributed by atoms with van der Waals surface area (Å²) in [4.78, 5) is 11.4. The van der Waals surface area contributed by atoms with Crippen molar-refractivity contribution in [2.75, 3.05) is 12.8 Å². The van der Waals surface area contributed by atoms with Crippen molar-refractivity contribution in [2.24, 2.45) is 0 Å². The van der Waals surface area contributed by atoms with E-state index in [2.05, 4.69) is 4.74 Å². The Hall–Kier alpha value is -1.56. The van der Waals surface area contributed by atoms with Gasteiger partial charge in [0.25, 0.3) is 0 Å². The minimum absolute atomic E-state index is 0.194. The number of nitrogens with two attached hydrogens (primary N) is 1. The molecule has 18 heavy (non-hydrogen) atoms. The molecule has 100 valence electrons. The number of esters is 1. The lowest BCUT2D eigenvalue weighted by Crippen LogP contribution is -2.31. The van der Waals surface area contributed by atoms with E-state index in [0.717, 1.165) is 0 Å². The largest absolute Gasteiger partial charge is 0.468 e. The zero-order chi connectivity index (χ0) is 13.8. The fraction of sp³-hybridized carbons (Fsp3) is 0.417. The Morgan fingerprint density at radius 2 is 1.89 bits per heavy atom. The third-order valence-electron chi connectivity index (χ3n) is 2.62. The topological polar surface area (TPSA) is 86.5 Å². The molecule has 1 unspecified atom stereocenters. The van der Waals surface area contributed by atoms with Crippen molar-refractivity contribution < 1.29 is 17.9 Å². The van der Waals surface area contributed by atoms with Gasteiger partial charge in [-0.1, -0.05) is 19.1 Å². The lowest BCUT2D eigenvalue weighted by atomic mass is 10.2. The van der Waals surface area contributed by atoms with Gasteiger partial charge >= 0.3 is 5.97 Å². The van der Waals surface area contributed by atoms with Gasteiger partial charge in [-0.05, 0) is 24.1 Å². The van der Waals surface area contributed by atoms with E-state index in [1.54, 1.807) is 31.2 Å². The second-order valence-corrected chi connectivity index (χ2v) is 6.15. The minimum Gasteiger partial charge on any atom is -0.468 e. The number of ether oxygens (including phenoxy) is 1. The summed E-state index contributed by atoms with van der Waals surface area (Å²) in [5.41, 5.74) is 6.69. The van der Waals surface area contributed by atoms with E-state index in [1.165, 1.54) is 7.11 Å². The summed E-state index contributed by atoms with van der Waals surface area (Å²) in [5, 5.41) is -1.11. The summed E-state index contributed by atoms with van der Waals surface area (Å²) in [6.45, 7) is 1.64. The summed E-state index contributed by atoms with van der Waals surface area (Å²) in [6.07, 6.45) is 0.198. The van der Waals surface area contributed by atoms with Gasteiger partial charge in [0.15, 0.2) is 15.1 Å². The Bertz CT molecular complexity index is 507. The number of benzene rings is 1. The van der Waals surface area contributed by atoms with Gasteiger partial charge in [-0.3, -0.25) is 4.79 Å². The first-order valence-corrected chi connectivity index (χ1v) is 7.26. The molecule has 5 nitrogen and oxygen atoms in total. The van der Waals surface area contributed by atoms with E-state index in [1.807, 2.05) is 0 Å². The van der Waals surface area contributed by atoms with Crippen LogP contribution in [-0.2, 0) is 25.1 Å². The summed E-state index contributed by atoms with van der Waals surface area (Å²) in [7, 11) is -2.38. The lowest BCUT2D eigenvalue weighted by molar-refractivity contribution is -0.140. The van der Waals surface area contributed by atoms with Crippen molar-refractivity contribution in [1.82, 2.24) is 0 Å². The molecule has 2 N–H and O–H groups in total. The Balaban J connectivity index is 2.93. The predicted molar refractivity (Wildman–Crippen MR) is 69.6 cm³/mol. The molecule has 0 amide bonds. The van der Waals surface area contributed by atoms with E-state index in [0.29, 0.717) is 11.3 Å². The third-order valence-corrected chi connectivity index (χ3v) is 4.74. The zero-order valence-electron chi connectivity index (χ0n) is 10.4. The quantitative estimate of drug-likeness (QED) is 0.641. The number of carbonyl (C=O) groups excluding carboxylic acids is 1. The van der Waals surface area contributed by atoms with Crippen LogP contribution in [0.15, 0.2) is 24.3 Å². The van der Waals surface area contributed by atoms with Crippen molar-refractivity contribution in [3.05, 3.63) is 29.8 Å². The molecule has 0 radical (unpaired) electrons. The summed E-state index contributed by atoms with van der Waals surface area (Å²) in [6, 6.07) is 6.53. The molecule has 0 saturated heterocycles. The van der Waals surface area contributed by atoms with Gasteiger partial charge in [-0.15, -0.1) is 0 Å². The molecular weight excluding hydrogens is 254 g/mol. The zero-order valence-corrected chi connectivity index (χ0v) is 11.2. The van der Waals surface area contributed by atoms with Gasteiger partial charge in [0.2, 0.25) is 0 Å². The number of sulfone groups is 1. The highest BCUT2D eigenvalue weighted by molar-refractivity contribution is 7.92. The van der Waals surface area contributed by atoms with E-state index in [4.69, 9.17) is 5.73 Å². The summed E-state index contributed by atoms with van der Waals surface area (Å²) < 4.78 is 28.7. The van der Waals surface area contributed by atoms with Gasteiger partial charge in [0.05, 0.1) is 12.9 Å². The van der Waals surface area contributed by atoms with Gasteiger partial charge in [-0.25, -0.2) is 8.42 Å². The van der Waals surface area contributed by atoms with Gasteiger partial charge in [0.1, 0.15) is 0 Å². The summed E-state index contributed by atoms with van der Waals surface area (Å²) in [5.74, 6) is -0.908. The first-order valence-electron chi connectivity index (χ1n) is 5.54. The molecule has 0 spiro atoms. The molecule has 6 heteroatoms. The van der Waals surface area contributed by atoms with Crippen molar-refractivity contribution in [3.8, 4) is 0 Å². The third kappa shape index (κ3) is 3.46. The second-order valence-electron chi connectivity index (χ2n) is 3.97. The molecule has 0 aliphatic carbocycles. The molecule has 1 aromatic carbocycles. The molecule has 0 saturated carbocycles. The average Bonchev–Trinajstić information content (AvgIpc) is 2.32. The highest BCUT2D eigenvalue weighted by Gasteiger charge is 2.31. The van der Waals surface area contributed by atoms with E-state index in [9.17, 15) is 13.2 Å². The Kier molecular flexibility index (Phi) is 4.72. The highest BCUT2D eigenvalue weighted by atomic mass is 32.2. The Labute approximate surface area is 107 Å². The van der Waals surface area contributed by atoms with Gasteiger partial charge in [-0.2, -0.15) is 0 Å². The molecule has 0 bridgehead atoms. The van der Waals surface area contributed by atoms with Crippen molar-refractivity contribution in [1.29, 1.82) is 0 Å². The Morgan fingerprint density at radius 1 is 1.33 bits per heavy atom. The monoisotopic (exact) mass is 271 g/mol. The average molecular weight is 271 g/mol. The van der Waals surface area contributed by atoms with E-state index >= 15 is 0 Å². The lowest BCUT2D eigenvalue weighted by Gasteiger charge is -2.13. The minimum atomic E-state index is -3.57. The van der Waals surface area contributed by atoms with Crippen LogP contribution in [0.4, 0.5) is 5.69 Å². The fourth-order valence-corrected chi connectivity index (χ4v) is 3.40. The van der Waals surface area contributed by atoms with Crippen molar-refractivity contribution in [2.45, 2.75) is 24.3 Å². The molecule has 1 aromatic rings. The van der Waals surface area contributed by atoms with Gasteiger partial charge < -0.3 is 10.5 Å². The van der Waals surface area contributed by atoms with Crippen LogP contribution in [0.1, 0.15) is 18.9 Å². The highest BCUT2D eigenvalue weighted by Crippen LogP contribution is 2.16. The molecule has 0 fully saturated rings. The number of anilines is 1. The van der Waals surface area contributed by atoms with Crippen LogP contribution in [0.3, 0.4) is 0 Å². The maximum absolute atomic E-state index is 12.1. The Morgan fingerprint density at radius 3 is 2.33 bits per heavy atom. The first kappa shape index (κ1) is 14.5. The van der Waals surface area contributed by atoms with Crippen molar-refractivity contribution in [3.63, 3.8) is 0 Å². The van der Waals surface area contributed by atoms with E-state index < -0.39 is 21.1 Å². The van der Waals surface area contributed by atoms with Crippen molar-refractivity contribution >= 4 is 21.5 Å². The SMILES string of the molecule is CCC(C(=O)OC)S(=O)(=O)Cc1ccc(N)cc1. The first-order chi connectivity index (χ1) is 8.40. The molecule has 1 rings (SSSR count). The smallest absolute Gasteiger partial charge is 0.324 e. The number of methoxy groups -OCH3 is 1. The van der Waals surface area contributed by atoms with Crippen LogP contribution in [0, 0.1) is 0 Å². The van der Waals surface area contributed by atoms with Crippen LogP contribution in [0.5, 0.6) is 0 Å². The molecule has 0 heterocycles. The molecule has 0 aliphatic rings. The number of carbonyl (C=O) groups is 1. The van der Waals surface area contributed by atoms with Crippen LogP contribution in [0.2, 0.25) is 0 Å². The number of hydrogen-bond donors (Lipinski definition) is 1. The van der Waals surface area contributed by atoms with Crippen LogP contribution < -0.4 is 5.73 Å². The van der Waals surface area contributed by atoms with Crippen LogP contribution in [0.25, 0.3) is 0 Å². The molecular formula is C12H17NO4S. The van der Waals surface area contributed by atoms with Crippen LogP contribution in [-0.4, -0.2) is 26.7 Å². The number of nitrogen functional groups attached to an aromatic ring is 1. The predicted octanol–water partition coefficient (Wildman–Crippen LogP) is 1.14. The fourth-order valence-electron chi connectivity index (χ4n) is 1.65. The maximum atomic E-state index is 12.1. The number of rotatable bonds is 5. The normalized spacial score (nSPS) is 13.0. The molecule has 0 aromatic heterocycles. The van der Waals surface area contributed by atoms with Gasteiger partial charge in [0, 0.05) is 5.69 Å². The molecule has 0 aliphatic heterocycles. The standard InChI is InChI=1S/C12H17NO4S/c1-3-11(12(14)17-2)18(15,16)8-9-4-6-10(13)7-5-9/h4-7,11H,3,8,13H2,1-2H3. The molecule has 1 atom stereocenters. The second kappa shape index (κ2) is 5.86. The van der Waals surface area contributed by atoms with Crippen LogP contribution >= 0.6 is 0 Å². The van der Waals surface area contributed by atoms with E-state index in [-0.39, 0.29) is 12.2 Å². The number of hydrogen-bond acceptors (Lipinski definition) is 5.